The lowest BCUT2D eigenvalue weighted by molar-refractivity contribution is -0.127. The van der Waals surface area contributed by atoms with Crippen LogP contribution < -0.4 is 5.32 Å². The Morgan fingerprint density at radius 3 is 2.76 bits per heavy atom. The van der Waals surface area contributed by atoms with Gasteiger partial charge in [0.15, 0.2) is 0 Å². The van der Waals surface area contributed by atoms with Gasteiger partial charge in [0.1, 0.15) is 0 Å². The van der Waals surface area contributed by atoms with Crippen LogP contribution in [0.4, 0.5) is 4.79 Å². The van der Waals surface area contributed by atoms with Crippen molar-refractivity contribution in [3.63, 3.8) is 0 Å². The summed E-state index contributed by atoms with van der Waals surface area (Å²) in [6.45, 7) is 7.44. The predicted molar refractivity (Wildman–Crippen MR) is 98.4 cm³/mol. The molecule has 2 fully saturated rings. The van der Waals surface area contributed by atoms with Crippen LogP contribution in [-0.4, -0.2) is 54.0 Å². The highest BCUT2D eigenvalue weighted by molar-refractivity contribution is 5.78. The van der Waals surface area contributed by atoms with E-state index in [0.717, 1.165) is 45.4 Å². The van der Waals surface area contributed by atoms with Crippen molar-refractivity contribution in [1.82, 2.24) is 15.1 Å². The molecule has 2 aliphatic heterocycles. The molecule has 5 heteroatoms. The van der Waals surface area contributed by atoms with Gasteiger partial charge in [-0.05, 0) is 50.2 Å². The Morgan fingerprint density at radius 1 is 1.32 bits per heavy atom. The van der Waals surface area contributed by atoms with Gasteiger partial charge >= 0.3 is 6.03 Å². The van der Waals surface area contributed by atoms with Crippen molar-refractivity contribution in [2.24, 2.45) is 5.92 Å². The minimum absolute atomic E-state index is 0.0290. The summed E-state index contributed by atoms with van der Waals surface area (Å²) >= 11 is 0. The monoisotopic (exact) mass is 343 g/mol. The van der Waals surface area contributed by atoms with Gasteiger partial charge in [0.2, 0.25) is 5.91 Å². The first kappa shape index (κ1) is 17.8. The van der Waals surface area contributed by atoms with Gasteiger partial charge in [0.25, 0.3) is 0 Å². The quantitative estimate of drug-likeness (QED) is 0.863. The predicted octanol–water partition coefficient (Wildman–Crippen LogP) is 2.58. The van der Waals surface area contributed by atoms with E-state index in [0.29, 0.717) is 12.3 Å². The van der Waals surface area contributed by atoms with Gasteiger partial charge in [-0.1, -0.05) is 24.3 Å². The molecule has 25 heavy (non-hydrogen) atoms. The molecule has 0 aromatic heterocycles. The van der Waals surface area contributed by atoms with E-state index in [1.807, 2.05) is 16.7 Å². The van der Waals surface area contributed by atoms with E-state index in [-0.39, 0.29) is 18.0 Å². The fraction of sp³-hybridized carbons (Fsp3) is 0.600. The molecule has 2 saturated heterocycles. The number of amides is 3. The maximum absolute atomic E-state index is 12.3. The Bertz CT molecular complexity index is 625. The number of carbonyl (C=O) groups excluding carboxylic acids is 2. The molecule has 1 aromatic carbocycles. The van der Waals surface area contributed by atoms with Crippen LogP contribution in [0.25, 0.3) is 0 Å². The summed E-state index contributed by atoms with van der Waals surface area (Å²) in [5.41, 5.74) is 2.71. The van der Waals surface area contributed by atoms with Crippen molar-refractivity contribution in [3.05, 3.63) is 35.4 Å². The minimum atomic E-state index is 0.0290. The largest absolute Gasteiger partial charge is 0.343 e. The molecule has 0 saturated carbocycles. The van der Waals surface area contributed by atoms with E-state index >= 15 is 0 Å². The normalized spacial score (nSPS) is 19.0. The number of nitrogens with one attached hydrogen (secondary N) is 1. The maximum Gasteiger partial charge on any atom is 0.317 e. The summed E-state index contributed by atoms with van der Waals surface area (Å²) in [7, 11) is 0. The van der Waals surface area contributed by atoms with Gasteiger partial charge in [0.05, 0.1) is 0 Å². The summed E-state index contributed by atoms with van der Waals surface area (Å²) < 4.78 is 0. The summed E-state index contributed by atoms with van der Waals surface area (Å²) in [6, 6.07) is 8.59. The Labute approximate surface area is 150 Å². The zero-order chi connectivity index (χ0) is 17.8. The molecule has 0 aliphatic carbocycles. The van der Waals surface area contributed by atoms with Crippen molar-refractivity contribution < 1.29 is 9.59 Å². The Morgan fingerprint density at radius 2 is 2.08 bits per heavy atom. The van der Waals surface area contributed by atoms with Gasteiger partial charge in [-0.15, -0.1) is 0 Å². The topological polar surface area (TPSA) is 52.7 Å². The highest BCUT2D eigenvalue weighted by Gasteiger charge is 2.31. The fourth-order valence-corrected chi connectivity index (χ4v) is 3.68. The molecule has 5 nitrogen and oxygen atoms in total. The maximum atomic E-state index is 12.3. The molecule has 136 valence electrons. The van der Waals surface area contributed by atoms with Gasteiger partial charge in [-0.3, -0.25) is 4.79 Å². The summed E-state index contributed by atoms with van der Waals surface area (Å²) in [6.07, 6.45) is 3.51. The molecule has 0 spiro atoms. The lowest BCUT2D eigenvalue weighted by Crippen LogP contribution is -2.55. The molecule has 0 radical (unpaired) electrons. The van der Waals surface area contributed by atoms with Crippen LogP contribution in [0.5, 0.6) is 0 Å². The molecule has 2 aliphatic rings. The van der Waals surface area contributed by atoms with Crippen molar-refractivity contribution in [2.75, 3.05) is 26.2 Å². The third-order valence-electron chi connectivity index (χ3n) is 5.39. The Hall–Kier alpha value is -2.04. The van der Waals surface area contributed by atoms with E-state index in [1.54, 1.807) is 0 Å². The van der Waals surface area contributed by atoms with Crippen LogP contribution in [0.3, 0.4) is 0 Å². The Balaban J connectivity index is 1.35. The number of carbonyl (C=O) groups is 2. The van der Waals surface area contributed by atoms with Crippen molar-refractivity contribution in [2.45, 2.75) is 45.6 Å². The summed E-state index contributed by atoms with van der Waals surface area (Å²) in [5, 5.41) is 3.07. The summed E-state index contributed by atoms with van der Waals surface area (Å²) in [5.74, 6) is 0.810. The molecule has 3 amide bonds. The Kier molecular flexibility index (Phi) is 5.61. The average Bonchev–Trinajstić information content (AvgIpc) is 2.95. The first-order valence-electron chi connectivity index (χ1n) is 9.40. The van der Waals surface area contributed by atoms with E-state index < -0.39 is 0 Å². The number of likely N-dealkylation sites (tertiary alicyclic amines) is 2. The molecule has 1 aromatic rings. The number of hydrogen-bond acceptors (Lipinski definition) is 2. The van der Waals surface area contributed by atoms with Crippen LogP contribution in [0, 0.1) is 12.8 Å². The third kappa shape index (κ3) is 4.53. The van der Waals surface area contributed by atoms with E-state index in [2.05, 4.69) is 36.5 Å². The van der Waals surface area contributed by atoms with E-state index in [4.69, 9.17) is 0 Å². The second-order valence-electron chi connectivity index (χ2n) is 7.53. The lowest BCUT2D eigenvalue weighted by Gasteiger charge is -2.40. The highest BCUT2D eigenvalue weighted by atomic mass is 16.2. The standard InChI is InChI=1S/C20H29N3O2/c1-15-6-3-4-7-18(15)12-17-13-23(14-17)20(25)21-16(2)9-11-22-10-5-8-19(22)24/h3-4,6-7,16-17H,5,8-14H2,1-2H3,(H,21,25). The molecule has 0 bridgehead atoms. The van der Waals surface area contributed by atoms with E-state index in [1.165, 1.54) is 11.1 Å². The molecule has 1 unspecified atom stereocenters. The first-order valence-corrected chi connectivity index (χ1v) is 9.40. The number of benzene rings is 1. The smallest absolute Gasteiger partial charge is 0.317 e. The molecule has 3 rings (SSSR count). The average molecular weight is 343 g/mol. The van der Waals surface area contributed by atoms with Crippen molar-refractivity contribution in [3.8, 4) is 0 Å². The van der Waals surface area contributed by atoms with Gasteiger partial charge < -0.3 is 15.1 Å². The second-order valence-corrected chi connectivity index (χ2v) is 7.53. The SMILES string of the molecule is Cc1ccccc1CC1CN(C(=O)NC(C)CCN2CCCC2=O)C1. The molecular formula is C20H29N3O2. The molecule has 1 N–H and O–H groups in total. The first-order chi connectivity index (χ1) is 12.0. The number of hydrogen-bond donors (Lipinski definition) is 1. The van der Waals surface area contributed by atoms with E-state index in [9.17, 15) is 9.59 Å². The zero-order valence-corrected chi connectivity index (χ0v) is 15.3. The molecule has 1 atom stereocenters. The fourth-order valence-electron chi connectivity index (χ4n) is 3.68. The number of aryl methyl sites for hydroxylation is 1. The number of nitrogens with zero attached hydrogens (tertiary/aromatic N) is 2. The zero-order valence-electron chi connectivity index (χ0n) is 15.3. The highest BCUT2D eigenvalue weighted by Crippen LogP contribution is 2.22. The van der Waals surface area contributed by atoms with Gasteiger partial charge in [0, 0.05) is 38.6 Å². The lowest BCUT2D eigenvalue weighted by atomic mass is 9.90. The van der Waals surface area contributed by atoms with Crippen LogP contribution in [0.2, 0.25) is 0 Å². The van der Waals surface area contributed by atoms with Crippen LogP contribution in [-0.2, 0) is 11.2 Å². The van der Waals surface area contributed by atoms with Crippen molar-refractivity contribution in [1.29, 1.82) is 0 Å². The minimum Gasteiger partial charge on any atom is -0.343 e. The summed E-state index contributed by atoms with van der Waals surface area (Å²) in [4.78, 5) is 27.7. The molecule has 2 heterocycles. The molecular weight excluding hydrogens is 314 g/mol. The number of rotatable bonds is 6. The third-order valence-corrected chi connectivity index (χ3v) is 5.39. The van der Waals surface area contributed by atoms with Gasteiger partial charge in [-0.25, -0.2) is 4.79 Å². The van der Waals surface area contributed by atoms with Crippen LogP contribution in [0.15, 0.2) is 24.3 Å². The second kappa shape index (κ2) is 7.89. The number of urea groups is 1. The van der Waals surface area contributed by atoms with Crippen LogP contribution >= 0.6 is 0 Å². The van der Waals surface area contributed by atoms with Gasteiger partial charge in [-0.2, -0.15) is 0 Å². The van der Waals surface area contributed by atoms with Crippen molar-refractivity contribution >= 4 is 11.9 Å². The van der Waals surface area contributed by atoms with Crippen LogP contribution in [0.1, 0.15) is 37.3 Å².